The summed E-state index contributed by atoms with van der Waals surface area (Å²) in [6.07, 6.45) is 0.750. The van der Waals surface area contributed by atoms with E-state index in [1.807, 2.05) is 20.9 Å². The maximum absolute atomic E-state index is 8.81. The number of hydrogen-bond donors (Lipinski definition) is 1. The monoisotopic (exact) mass is 218 g/mol. The van der Waals surface area contributed by atoms with Gasteiger partial charge in [-0.2, -0.15) is 0 Å². The summed E-state index contributed by atoms with van der Waals surface area (Å²) in [5, 5.41) is 3.13. The molecule has 0 atom stereocenters. The SMILES string of the molecule is CC.CC=O.CNCCN1CCOCC1. The third-order valence-electron chi connectivity index (χ3n) is 1.78. The molecule has 1 aliphatic heterocycles. The molecule has 0 aliphatic carbocycles. The molecule has 4 heteroatoms. The van der Waals surface area contributed by atoms with Crippen LogP contribution < -0.4 is 5.32 Å². The van der Waals surface area contributed by atoms with E-state index in [2.05, 4.69) is 10.2 Å². The van der Waals surface area contributed by atoms with Crippen LogP contribution in [-0.4, -0.2) is 57.6 Å². The lowest BCUT2D eigenvalue weighted by molar-refractivity contribution is -0.106. The van der Waals surface area contributed by atoms with Gasteiger partial charge in [0.05, 0.1) is 13.2 Å². The van der Waals surface area contributed by atoms with Crippen LogP contribution in [0.1, 0.15) is 20.8 Å². The lowest BCUT2D eigenvalue weighted by atomic mass is 10.4. The van der Waals surface area contributed by atoms with Gasteiger partial charge in [-0.3, -0.25) is 4.90 Å². The number of nitrogens with zero attached hydrogens (tertiary/aromatic N) is 1. The van der Waals surface area contributed by atoms with E-state index >= 15 is 0 Å². The van der Waals surface area contributed by atoms with Crippen molar-refractivity contribution in [3.63, 3.8) is 0 Å². The lowest BCUT2D eigenvalue weighted by Crippen LogP contribution is -2.39. The van der Waals surface area contributed by atoms with Crippen LogP contribution in [-0.2, 0) is 9.53 Å². The maximum Gasteiger partial charge on any atom is 0.116 e. The molecule has 0 unspecified atom stereocenters. The summed E-state index contributed by atoms with van der Waals surface area (Å²) in [5.41, 5.74) is 0. The molecule has 4 nitrogen and oxygen atoms in total. The molecule has 0 radical (unpaired) electrons. The summed E-state index contributed by atoms with van der Waals surface area (Å²) in [4.78, 5) is 11.2. The Morgan fingerprint density at radius 3 is 2.20 bits per heavy atom. The lowest BCUT2D eigenvalue weighted by Gasteiger charge is -2.26. The molecule has 1 rings (SSSR count). The van der Waals surface area contributed by atoms with Crippen molar-refractivity contribution >= 4 is 6.29 Å². The van der Waals surface area contributed by atoms with Crippen molar-refractivity contribution in [2.24, 2.45) is 0 Å². The van der Waals surface area contributed by atoms with Crippen LogP contribution in [0.25, 0.3) is 0 Å². The number of likely N-dealkylation sites (N-methyl/N-ethyl adjacent to an activating group) is 1. The predicted octanol–water partition coefficient (Wildman–Crippen LogP) is 0.769. The fourth-order valence-corrected chi connectivity index (χ4v) is 1.09. The highest BCUT2D eigenvalue weighted by molar-refractivity contribution is 5.44. The second-order valence-electron chi connectivity index (χ2n) is 2.79. The highest BCUT2D eigenvalue weighted by Gasteiger charge is 2.07. The zero-order chi connectivity index (χ0) is 11.9. The molecule has 1 saturated heterocycles. The fourth-order valence-electron chi connectivity index (χ4n) is 1.09. The summed E-state index contributed by atoms with van der Waals surface area (Å²) in [6, 6.07) is 0. The first kappa shape index (κ1) is 17.0. The molecule has 0 aromatic rings. The topological polar surface area (TPSA) is 41.6 Å². The molecule has 0 amide bonds. The molecule has 0 aromatic carbocycles. The Labute approximate surface area is 94.0 Å². The number of carbonyl (C=O) groups is 1. The third kappa shape index (κ3) is 13.6. The number of carbonyl (C=O) groups excluding carboxylic acids is 1. The fraction of sp³-hybridized carbons (Fsp3) is 0.909. The predicted molar refractivity (Wildman–Crippen MR) is 64.3 cm³/mol. The van der Waals surface area contributed by atoms with Gasteiger partial charge < -0.3 is 14.8 Å². The van der Waals surface area contributed by atoms with Crippen LogP contribution in [0, 0.1) is 0 Å². The number of ether oxygens (including phenoxy) is 1. The molecular weight excluding hydrogens is 192 g/mol. The second kappa shape index (κ2) is 16.0. The molecule has 0 bridgehead atoms. The van der Waals surface area contributed by atoms with Crippen LogP contribution in [0.5, 0.6) is 0 Å². The molecule has 1 fully saturated rings. The summed E-state index contributed by atoms with van der Waals surface area (Å²) < 4.78 is 5.22. The minimum atomic E-state index is 0.750. The van der Waals surface area contributed by atoms with Gasteiger partial charge in [0.1, 0.15) is 6.29 Å². The maximum atomic E-state index is 8.81. The highest BCUT2D eigenvalue weighted by atomic mass is 16.5. The second-order valence-corrected chi connectivity index (χ2v) is 2.79. The van der Waals surface area contributed by atoms with E-state index in [0.29, 0.717) is 0 Å². The number of morpholine rings is 1. The van der Waals surface area contributed by atoms with Crippen molar-refractivity contribution in [2.75, 3.05) is 46.4 Å². The Hall–Kier alpha value is -0.450. The molecule has 1 aliphatic rings. The summed E-state index contributed by atoms with van der Waals surface area (Å²) in [7, 11) is 1.99. The standard InChI is InChI=1S/C7H16N2O.C2H4O.C2H6/c1-8-2-3-9-4-6-10-7-5-9;1-2-3;1-2/h8H,2-7H2,1H3;2H,1H3;1-2H3. The van der Waals surface area contributed by atoms with Gasteiger partial charge in [0.15, 0.2) is 0 Å². The van der Waals surface area contributed by atoms with Crippen molar-refractivity contribution in [3.8, 4) is 0 Å². The first-order valence-corrected chi connectivity index (χ1v) is 5.69. The molecule has 0 spiro atoms. The normalized spacial score (nSPS) is 15.5. The first-order valence-electron chi connectivity index (χ1n) is 5.69. The van der Waals surface area contributed by atoms with E-state index in [-0.39, 0.29) is 0 Å². The number of nitrogens with one attached hydrogen (secondary N) is 1. The van der Waals surface area contributed by atoms with Gasteiger partial charge in [0.2, 0.25) is 0 Å². The van der Waals surface area contributed by atoms with E-state index in [1.54, 1.807) is 0 Å². The van der Waals surface area contributed by atoms with Crippen LogP contribution >= 0.6 is 0 Å². The molecule has 0 saturated carbocycles. The average molecular weight is 218 g/mol. The zero-order valence-electron chi connectivity index (χ0n) is 10.6. The minimum absolute atomic E-state index is 0.750. The van der Waals surface area contributed by atoms with Crippen molar-refractivity contribution in [2.45, 2.75) is 20.8 Å². The minimum Gasteiger partial charge on any atom is -0.379 e. The smallest absolute Gasteiger partial charge is 0.116 e. The van der Waals surface area contributed by atoms with Gasteiger partial charge in [-0.05, 0) is 14.0 Å². The Kier molecular flexibility index (Phi) is 18.1. The van der Waals surface area contributed by atoms with Crippen molar-refractivity contribution < 1.29 is 9.53 Å². The van der Waals surface area contributed by atoms with E-state index in [4.69, 9.17) is 9.53 Å². The van der Waals surface area contributed by atoms with Crippen molar-refractivity contribution in [1.29, 1.82) is 0 Å². The summed E-state index contributed by atoms with van der Waals surface area (Å²) in [5.74, 6) is 0. The van der Waals surface area contributed by atoms with Crippen LogP contribution in [0.2, 0.25) is 0 Å². The van der Waals surface area contributed by atoms with Gasteiger partial charge in [-0.25, -0.2) is 0 Å². The van der Waals surface area contributed by atoms with Gasteiger partial charge in [-0.1, -0.05) is 13.8 Å². The zero-order valence-corrected chi connectivity index (χ0v) is 10.6. The Morgan fingerprint density at radius 2 is 1.80 bits per heavy atom. The van der Waals surface area contributed by atoms with E-state index in [9.17, 15) is 0 Å². The summed E-state index contributed by atoms with van der Waals surface area (Å²) >= 11 is 0. The average Bonchev–Trinajstić information content (AvgIpc) is 2.31. The number of aldehydes is 1. The molecule has 1 heterocycles. The molecule has 15 heavy (non-hydrogen) atoms. The van der Waals surface area contributed by atoms with Gasteiger partial charge in [-0.15, -0.1) is 0 Å². The Bertz CT molecular complexity index is 115. The number of rotatable bonds is 3. The molecular formula is C11H26N2O2. The van der Waals surface area contributed by atoms with Gasteiger partial charge in [0, 0.05) is 26.2 Å². The Balaban J connectivity index is 0. The van der Waals surface area contributed by atoms with Crippen LogP contribution in [0.3, 0.4) is 0 Å². The number of hydrogen-bond acceptors (Lipinski definition) is 4. The molecule has 92 valence electrons. The van der Waals surface area contributed by atoms with E-state index in [0.717, 1.165) is 45.7 Å². The quantitative estimate of drug-likeness (QED) is 0.711. The van der Waals surface area contributed by atoms with Crippen molar-refractivity contribution in [3.05, 3.63) is 0 Å². The van der Waals surface area contributed by atoms with Gasteiger partial charge >= 0.3 is 0 Å². The highest BCUT2D eigenvalue weighted by Crippen LogP contribution is 1.94. The summed E-state index contributed by atoms with van der Waals surface area (Å²) in [6.45, 7) is 11.7. The van der Waals surface area contributed by atoms with E-state index in [1.165, 1.54) is 6.92 Å². The van der Waals surface area contributed by atoms with Gasteiger partial charge in [0.25, 0.3) is 0 Å². The first-order chi connectivity index (χ1) is 7.35. The largest absolute Gasteiger partial charge is 0.379 e. The molecule has 0 aromatic heterocycles. The third-order valence-corrected chi connectivity index (χ3v) is 1.78. The van der Waals surface area contributed by atoms with E-state index < -0.39 is 0 Å². The van der Waals surface area contributed by atoms with Crippen molar-refractivity contribution in [1.82, 2.24) is 10.2 Å². The molecule has 1 N–H and O–H groups in total. The van der Waals surface area contributed by atoms with Crippen LogP contribution in [0.15, 0.2) is 0 Å². The van der Waals surface area contributed by atoms with Crippen LogP contribution in [0.4, 0.5) is 0 Å². The Morgan fingerprint density at radius 1 is 1.33 bits per heavy atom.